The molecule has 0 nitrogen and oxygen atoms in total. The van der Waals surface area contributed by atoms with E-state index in [4.69, 9.17) is 0 Å². The van der Waals surface area contributed by atoms with E-state index >= 15 is 0 Å². The molecule has 0 radical (unpaired) electrons. The summed E-state index contributed by atoms with van der Waals surface area (Å²) in [5.74, 6) is 0. The van der Waals surface area contributed by atoms with E-state index in [9.17, 15) is 0 Å². The third-order valence-corrected chi connectivity index (χ3v) is 0. The Morgan fingerprint density at radius 1 is 0.833 bits per heavy atom. The second-order valence-electron chi connectivity index (χ2n) is 0.247. The number of rotatable bonds is 0. The molecule has 0 saturated carbocycles. The molecule has 0 N–H and O–H groups in total. The van der Waals surface area contributed by atoms with Crippen molar-refractivity contribution in [3.63, 3.8) is 0 Å². The summed E-state index contributed by atoms with van der Waals surface area (Å²) in [4.78, 5) is 0. The third kappa shape index (κ3) is 31.8. The fourth-order valence-electron chi connectivity index (χ4n) is 0. The molecule has 0 heterocycles. The van der Waals surface area contributed by atoms with E-state index in [0.29, 0.717) is 0 Å². The highest BCUT2D eigenvalue weighted by atomic mass is 79.9. The van der Waals surface area contributed by atoms with Gasteiger partial charge in [0.1, 0.15) is 0 Å². The maximum Gasteiger partial charge on any atom is 0.369 e. The van der Waals surface area contributed by atoms with Gasteiger partial charge in [-0.2, -0.15) is 0 Å². The summed E-state index contributed by atoms with van der Waals surface area (Å²) in [6.45, 7) is 0. The van der Waals surface area contributed by atoms with Crippen LogP contribution in [-0.2, 0) is 0 Å². The van der Waals surface area contributed by atoms with Crippen molar-refractivity contribution in [1.29, 1.82) is 0 Å². The summed E-state index contributed by atoms with van der Waals surface area (Å²) in [6, 6.07) is 0. The van der Waals surface area contributed by atoms with E-state index in [1.165, 1.54) is 0 Å². The molecular weight excluding hydrogens is 410 g/mol. The van der Waals surface area contributed by atoms with Gasteiger partial charge in [0.15, 0.2) is 0 Å². The van der Waals surface area contributed by atoms with Crippen LogP contribution in [0.25, 0.3) is 0 Å². The lowest BCUT2D eigenvalue weighted by Gasteiger charge is -1.63. The highest BCUT2D eigenvalue weighted by Gasteiger charge is 1.87. The Hall–Kier alpha value is 2.46. The predicted octanol–water partition coefficient (Wildman–Crippen LogP) is 3.31. The van der Waals surface area contributed by atoms with Crippen molar-refractivity contribution in [2.75, 3.05) is 0 Å². The zero-order chi connectivity index (χ0) is 3.58. The monoisotopic (exact) mass is 408 g/mol. The molecule has 0 atom stereocenters. The Labute approximate surface area is 83.4 Å². The maximum atomic E-state index is 3.10. The SMILES string of the molecule is Br.Br.BrB(Br)Br. The molecule has 6 heavy (non-hydrogen) atoms. The van der Waals surface area contributed by atoms with Crippen LogP contribution in [0.3, 0.4) is 0 Å². The maximum absolute atomic E-state index is 3.10. The molecule has 0 bridgehead atoms. The van der Waals surface area contributed by atoms with E-state index in [-0.39, 0.29) is 37.1 Å². The Balaban J connectivity index is -0.0000000450. The molecule has 0 spiro atoms. The van der Waals surface area contributed by atoms with Gasteiger partial charge in [0.2, 0.25) is 0 Å². The first-order valence-corrected chi connectivity index (χ1v) is 3.40. The summed E-state index contributed by atoms with van der Waals surface area (Å²) in [6.07, 6.45) is 0. The molecule has 40 valence electrons. The minimum Gasteiger partial charge on any atom is -0.123 e. The average molecular weight is 412 g/mol. The zero-order valence-corrected chi connectivity index (χ0v) is 10.7. The Morgan fingerprint density at radius 3 is 0.833 bits per heavy atom. The van der Waals surface area contributed by atoms with Gasteiger partial charge in [0.25, 0.3) is 0 Å². The van der Waals surface area contributed by atoms with Crippen molar-refractivity contribution >= 4 is 84.4 Å². The fraction of sp³-hybridized carbons (Fsp3) is 0. The van der Waals surface area contributed by atoms with Gasteiger partial charge >= 0.3 is 3.18 Å². The summed E-state index contributed by atoms with van der Waals surface area (Å²) in [5, 5.41) is 0. The van der Waals surface area contributed by atoms with Crippen LogP contribution in [0.2, 0.25) is 0 Å². The highest BCUT2D eigenvalue weighted by molar-refractivity contribution is 9.69. The smallest absolute Gasteiger partial charge is 0.123 e. The number of halogens is 5. The van der Waals surface area contributed by atoms with Crippen LogP contribution in [0.4, 0.5) is 0 Å². The quantitative estimate of drug-likeness (QED) is 0.536. The van der Waals surface area contributed by atoms with Crippen LogP contribution in [0.1, 0.15) is 0 Å². The van der Waals surface area contributed by atoms with Crippen LogP contribution in [0.15, 0.2) is 0 Å². The van der Waals surface area contributed by atoms with E-state index in [2.05, 4.69) is 47.3 Å². The van der Waals surface area contributed by atoms with Gasteiger partial charge in [-0.05, 0) is 0 Å². The van der Waals surface area contributed by atoms with Crippen LogP contribution in [-0.4, -0.2) is 3.18 Å². The Bertz CT molecular complexity index is 8.66. The first kappa shape index (κ1) is 15.8. The van der Waals surface area contributed by atoms with Gasteiger partial charge in [-0.3, -0.25) is 0 Å². The third-order valence-electron chi connectivity index (χ3n) is 0. The van der Waals surface area contributed by atoms with E-state index in [1.54, 1.807) is 0 Å². The van der Waals surface area contributed by atoms with Crippen LogP contribution >= 0.6 is 81.2 Å². The van der Waals surface area contributed by atoms with Gasteiger partial charge in [-0.1, -0.05) is 0 Å². The zero-order valence-electron chi connectivity index (χ0n) is 2.53. The van der Waals surface area contributed by atoms with Crippen molar-refractivity contribution < 1.29 is 0 Å². The van der Waals surface area contributed by atoms with Gasteiger partial charge < -0.3 is 0 Å². The Morgan fingerprint density at radius 2 is 0.833 bits per heavy atom. The fourth-order valence-corrected chi connectivity index (χ4v) is 0. The second kappa shape index (κ2) is 10.4. The molecule has 0 fully saturated rings. The molecule has 0 aliphatic heterocycles. The molecule has 0 aromatic rings. The first-order valence-electron chi connectivity index (χ1n) is 0.655. The van der Waals surface area contributed by atoms with E-state index < -0.39 is 0 Å². The lowest BCUT2D eigenvalue weighted by Crippen LogP contribution is -1.60. The lowest BCUT2D eigenvalue weighted by atomic mass is 10.8. The van der Waals surface area contributed by atoms with Crippen molar-refractivity contribution in [3.8, 4) is 0 Å². The lowest BCUT2D eigenvalue weighted by molar-refractivity contribution is 4.99. The van der Waals surface area contributed by atoms with Gasteiger partial charge in [-0.15, -0.1) is 81.2 Å². The molecule has 0 rings (SSSR count). The predicted molar refractivity (Wildman–Crippen MR) is 53.2 cm³/mol. The number of hydrogen-bond acceptors (Lipinski definition) is 0. The minimum atomic E-state index is 0. The molecule has 0 aliphatic carbocycles. The summed E-state index contributed by atoms with van der Waals surface area (Å²) in [5.41, 5.74) is 0. The molecule has 0 amide bonds. The van der Waals surface area contributed by atoms with Crippen LogP contribution in [0, 0.1) is 0 Å². The molecule has 0 unspecified atom stereocenters. The standard InChI is InChI=1S/BBr3.2BrH/c2-1(3)4;;/h;2*1H. The largest absolute Gasteiger partial charge is 0.369 e. The molecule has 0 saturated heterocycles. The van der Waals surface area contributed by atoms with Crippen LogP contribution < -0.4 is 0 Å². The van der Waals surface area contributed by atoms with Gasteiger partial charge in [-0.25, -0.2) is 0 Å². The number of hydrogen-bond donors (Lipinski definition) is 0. The van der Waals surface area contributed by atoms with E-state index in [1.807, 2.05) is 0 Å². The van der Waals surface area contributed by atoms with E-state index in [0.717, 1.165) is 0 Å². The highest BCUT2D eigenvalue weighted by Crippen LogP contribution is 2.07. The molecule has 0 aliphatic rings. The van der Waals surface area contributed by atoms with Crippen molar-refractivity contribution in [2.45, 2.75) is 0 Å². The average Bonchev–Trinajstić information content (AvgIpc) is 0.811. The summed E-state index contributed by atoms with van der Waals surface area (Å²) < 4.78 is 0.271. The Kier molecular flexibility index (Phi) is 27.5. The summed E-state index contributed by atoms with van der Waals surface area (Å²) in [7, 11) is 0. The molecule has 6 heteroatoms. The summed E-state index contributed by atoms with van der Waals surface area (Å²) >= 11 is 9.31. The second-order valence-corrected chi connectivity index (χ2v) is 6.68. The molecule has 0 aromatic heterocycles. The first-order chi connectivity index (χ1) is 1.73. The van der Waals surface area contributed by atoms with Crippen molar-refractivity contribution in [2.24, 2.45) is 0 Å². The van der Waals surface area contributed by atoms with Gasteiger partial charge in [0.05, 0.1) is 0 Å². The van der Waals surface area contributed by atoms with Crippen molar-refractivity contribution in [3.05, 3.63) is 0 Å². The van der Waals surface area contributed by atoms with Crippen LogP contribution in [0.5, 0.6) is 0 Å². The topological polar surface area (TPSA) is 0 Å². The molecular formula is H2BBr5. The molecule has 0 aromatic carbocycles. The minimum absolute atomic E-state index is 0. The normalized spacial score (nSPS) is 4.50. The van der Waals surface area contributed by atoms with Crippen molar-refractivity contribution in [1.82, 2.24) is 0 Å². The van der Waals surface area contributed by atoms with Gasteiger partial charge in [0, 0.05) is 0 Å².